The zero-order chi connectivity index (χ0) is 15.9. The Morgan fingerprint density at radius 1 is 1.38 bits per heavy atom. The molecule has 7 heteroatoms. The molecule has 0 bridgehead atoms. The number of nitrogens with zero attached hydrogens (tertiary/aromatic N) is 3. The first-order valence-corrected chi connectivity index (χ1v) is 7.03. The summed E-state index contributed by atoms with van der Waals surface area (Å²) in [5.41, 5.74) is 0.932. The van der Waals surface area contributed by atoms with Gasteiger partial charge in [-0.15, -0.1) is 0 Å². The summed E-state index contributed by atoms with van der Waals surface area (Å²) in [5.74, 6) is 0.556. The molecular formula is C14H26N6O. The summed E-state index contributed by atoms with van der Waals surface area (Å²) in [4.78, 5) is 15.8. The fourth-order valence-corrected chi connectivity index (χ4v) is 1.77. The van der Waals surface area contributed by atoms with Crippen molar-refractivity contribution in [3.63, 3.8) is 0 Å². The van der Waals surface area contributed by atoms with Gasteiger partial charge in [-0.25, -0.2) is 0 Å². The Labute approximate surface area is 126 Å². The summed E-state index contributed by atoms with van der Waals surface area (Å²) in [6, 6.07) is 0. The van der Waals surface area contributed by atoms with Crippen LogP contribution in [0.25, 0.3) is 0 Å². The lowest BCUT2D eigenvalue weighted by molar-refractivity contribution is -0.121. The molecule has 0 aromatic carbocycles. The molecular weight excluding hydrogens is 268 g/mol. The predicted molar refractivity (Wildman–Crippen MR) is 84.2 cm³/mol. The first-order chi connectivity index (χ1) is 9.80. The molecule has 0 saturated heterocycles. The molecule has 0 aliphatic rings. The summed E-state index contributed by atoms with van der Waals surface area (Å²) in [6.07, 6.45) is 4.67. The van der Waals surface area contributed by atoms with Gasteiger partial charge in [-0.3, -0.25) is 14.5 Å². The van der Waals surface area contributed by atoms with Gasteiger partial charge in [0.15, 0.2) is 5.96 Å². The lowest BCUT2D eigenvalue weighted by Crippen LogP contribution is -2.48. The molecule has 3 N–H and O–H groups in total. The summed E-state index contributed by atoms with van der Waals surface area (Å²) < 4.78 is 1.78. The number of nitrogens with one attached hydrogen (secondary N) is 3. The van der Waals surface area contributed by atoms with Crippen molar-refractivity contribution in [2.75, 3.05) is 20.1 Å². The lowest BCUT2D eigenvalue weighted by Gasteiger charge is -2.21. The van der Waals surface area contributed by atoms with Crippen molar-refractivity contribution in [2.24, 2.45) is 12.0 Å². The molecule has 0 aliphatic carbocycles. The van der Waals surface area contributed by atoms with Gasteiger partial charge in [0, 0.05) is 32.4 Å². The number of aryl methyl sites for hydroxylation is 1. The van der Waals surface area contributed by atoms with Crippen molar-refractivity contribution in [1.29, 1.82) is 0 Å². The maximum atomic E-state index is 11.7. The van der Waals surface area contributed by atoms with E-state index in [-0.39, 0.29) is 18.0 Å². The van der Waals surface area contributed by atoms with Crippen LogP contribution in [0.15, 0.2) is 17.4 Å². The maximum absolute atomic E-state index is 11.7. The first kappa shape index (κ1) is 17.0. The fraction of sp³-hybridized carbons (Fsp3) is 0.643. The van der Waals surface area contributed by atoms with E-state index in [2.05, 4.69) is 26.0 Å². The van der Waals surface area contributed by atoms with Crippen LogP contribution in [0, 0.1) is 0 Å². The monoisotopic (exact) mass is 294 g/mol. The molecule has 1 heterocycles. The topological polar surface area (TPSA) is 83.3 Å². The van der Waals surface area contributed by atoms with E-state index in [1.165, 1.54) is 0 Å². The van der Waals surface area contributed by atoms with Crippen molar-refractivity contribution in [3.05, 3.63) is 18.0 Å². The average molecular weight is 294 g/mol. The van der Waals surface area contributed by atoms with Crippen LogP contribution in [0.5, 0.6) is 0 Å². The summed E-state index contributed by atoms with van der Waals surface area (Å²) in [7, 11) is 3.58. The number of aromatic nitrogens is 2. The summed E-state index contributed by atoms with van der Waals surface area (Å²) in [6.45, 7) is 6.78. The van der Waals surface area contributed by atoms with Crippen molar-refractivity contribution < 1.29 is 4.79 Å². The van der Waals surface area contributed by atoms with Gasteiger partial charge in [-0.05, 0) is 32.8 Å². The van der Waals surface area contributed by atoms with Crippen LogP contribution in [0.3, 0.4) is 0 Å². The number of aliphatic imine (C=N–C) groups is 1. The zero-order valence-corrected chi connectivity index (χ0v) is 13.5. The third kappa shape index (κ3) is 7.34. The zero-order valence-electron chi connectivity index (χ0n) is 13.5. The Kier molecular flexibility index (Phi) is 6.20. The van der Waals surface area contributed by atoms with Crippen molar-refractivity contribution in [3.8, 4) is 0 Å². The van der Waals surface area contributed by atoms with Crippen LogP contribution in [0.2, 0.25) is 0 Å². The normalized spacial score (nSPS) is 12.1. The van der Waals surface area contributed by atoms with Gasteiger partial charge in [-0.1, -0.05) is 0 Å². The van der Waals surface area contributed by atoms with Gasteiger partial charge in [0.05, 0.1) is 12.7 Å². The van der Waals surface area contributed by atoms with E-state index in [4.69, 9.17) is 0 Å². The minimum absolute atomic E-state index is 0.0577. The second-order valence-electron chi connectivity index (χ2n) is 5.92. The standard InChI is InChI=1S/C14H26N6O/c1-14(2,3)19-12(21)9-17-13(15-4)16-7-6-11-8-18-20(5)10-11/h8,10H,6-7,9H2,1-5H3,(H,19,21)(H2,15,16,17). The largest absolute Gasteiger partial charge is 0.356 e. The Morgan fingerprint density at radius 3 is 2.62 bits per heavy atom. The summed E-state index contributed by atoms with van der Waals surface area (Å²) in [5, 5.41) is 13.2. The van der Waals surface area contributed by atoms with Crippen LogP contribution in [-0.4, -0.2) is 47.3 Å². The van der Waals surface area contributed by atoms with E-state index in [1.54, 1.807) is 11.7 Å². The van der Waals surface area contributed by atoms with Crippen molar-refractivity contribution >= 4 is 11.9 Å². The van der Waals surface area contributed by atoms with Crippen LogP contribution in [0.4, 0.5) is 0 Å². The van der Waals surface area contributed by atoms with Crippen molar-refractivity contribution in [1.82, 2.24) is 25.7 Å². The highest BCUT2D eigenvalue weighted by atomic mass is 16.2. The van der Waals surface area contributed by atoms with E-state index in [9.17, 15) is 4.79 Å². The third-order valence-corrected chi connectivity index (χ3v) is 2.62. The van der Waals surface area contributed by atoms with E-state index in [0.29, 0.717) is 5.96 Å². The highest BCUT2D eigenvalue weighted by Gasteiger charge is 2.13. The molecule has 0 spiro atoms. The third-order valence-electron chi connectivity index (χ3n) is 2.62. The number of guanidine groups is 1. The quantitative estimate of drug-likeness (QED) is 0.529. The molecule has 1 aromatic heterocycles. The number of carbonyl (C=O) groups is 1. The first-order valence-electron chi connectivity index (χ1n) is 7.03. The molecule has 1 aromatic rings. The van der Waals surface area contributed by atoms with E-state index >= 15 is 0 Å². The van der Waals surface area contributed by atoms with Gasteiger partial charge >= 0.3 is 0 Å². The fourth-order valence-electron chi connectivity index (χ4n) is 1.77. The SMILES string of the molecule is CN=C(NCCc1cnn(C)c1)NCC(=O)NC(C)(C)C. The lowest BCUT2D eigenvalue weighted by atomic mass is 10.1. The van der Waals surface area contributed by atoms with Crippen LogP contribution in [0.1, 0.15) is 26.3 Å². The highest BCUT2D eigenvalue weighted by molar-refractivity contribution is 5.86. The van der Waals surface area contributed by atoms with Gasteiger partial charge in [-0.2, -0.15) is 5.10 Å². The molecule has 0 fully saturated rings. The van der Waals surface area contributed by atoms with Crippen LogP contribution < -0.4 is 16.0 Å². The number of amides is 1. The van der Waals surface area contributed by atoms with Crippen LogP contribution >= 0.6 is 0 Å². The molecule has 118 valence electrons. The molecule has 0 aliphatic heterocycles. The van der Waals surface area contributed by atoms with E-state index in [1.807, 2.05) is 40.2 Å². The number of hydrogen-bond donors (Lipinski definition) is 3. The van der Waals surface area contributed by atoms with Gasteiger partial charge in [0.2, 0.25) is 5.91 Å². The Hall–Kier alpha value is -2.05. The number of carbonyl (C=O) groups excluding carboxylic acids is 1. The van der Waals surface area contributed by atoms with Gasteiger partial charge in [0.25, 0.3) is 0 Å². The van der Waals surface area contributed by atoms with E-state index in [0.717, 1.165) is 18.5 Å². The molecule has 7 nitrogen and oxygen atoms in total. The minimum Gasteiger partial charge on any atom is -0.356 e. The molecule has 0 atom stereocenters. The Morgan fingerprint density at radius 2 is 2.10 bits per heavy atom. The van der Waals surface area contributed by atoms with Crippen LogP contribution in [-0.2, 0) is 18.3 Å². The molecule has 21 heavy (non-hydrogen) atoms. The maximum Gasteiger partial charge on any atom is 0.239 e. The van der Waals surface area contributed by atoms with Gasteiger partial charge in [0.1, 0.15) is 0 Å². The minimum atomic E-state index is -0.226. The highest BCUT2D eigenvalue weighted by Crippen LogP contribution is 1.97. The molecule has 1 rings (SSSR count). The second-order valence-corrected chi connectivity index (χ2v) is 5.92. The average Bonchev–Trinajstić information content (AvgIpc) is 2.77. The molecule has 0 radical (unpaired) electrons. The second kappa shape index (κ2) is 7.66. The van der Waals surface area contributed by atoms with Gasteiger partial charge < -0.3 is 16.0 Å². The van der Waals surface area contributed by atoms with E-state index < -0.39 is 0 Å². The predicted octanol–water partition coefficient (Wildman–Crippen LogP) is 0.0423. The Balaban J connectivity index is 2.27. The molecule has 0 unspecified atom stereocenters. The molecule has 1 amide bonds. The number of hydrogen-bond acceptors (Lipinski definition) is 3. The molecule has 0 saturated carbocycles. The van der Waals surface area contributed by atoms with Crippen molar-refractivity contribution in [2.45, 2.75) is 32.7 Å². The summed E-state index contributed by atoms with van der Waals surface area (Å²) >= 11 is 0. The Bertz CT molecular complexity index is 486. The number of rotatable bonds is 5. The smallest absolute Gasteiger partial charge is 0.239 e.